The number of hydrogen-bond donors (Lipinski definition) is 0. The molecule has 0 radical (unpaired) electrons. The normalized spacial score (nSPS) is 14.7. The molecule has 1 amide bonds. The Labute approximate surface area is 207 Å². The van der Waals surface area contributed by atoms with Crippen LogP contribution >= 0.6 is 11.6 Å². The molecule has 1 aliphatic rings. The maximum absolute atomic E-state index is 12.8. The molecule has 1 saturated heterocycles. The molecule has 34 heavy (non-hydrogen) atoms. The van der Waals surface area contributed by atoms with Gasteiger partial charge in [-0.05, 0) is 43.0 Å². The topological polar surface area (TPSA) is 50.6 Å². The molecule has 7 heteroatoms. The highest BCUT2D eigenvalue weighted by molar-refractivity contribution is 6.30. The molecule has 2 aromatic carbocycles. The van der Waals surface area contributed by atoms with Crippen LogP contribution in [0.15, 0.2) is 54.6 Å². The van der Waals surface area contributed by atoms with E-state index in [1.54, 1.807) is 7.11 Å². The lowest BCUT2D eigenvalue weighted by molar-refractivity contribution is -0.131. The number of halogens is 1. The molecule has 0 aliphatic carbocycles. The third-order valence-electron chi connectivity index (χ3n) is 6.47. The fraction of sp³-hybridized carbons (Fsp3) is 0.407. The molecule has 0 unspecified atom stereocenters. The summed E-state index contributed by atoms with van der Waals surface area (Å²) in [6, 6.07) is 18.2. The minimum Gasteiger partial charge on any atom is -0.497 e. The van der Waals surface area contributed by atoms with E-state index in [1.165, 1.54) is 5.56 Å². The maximum atomic E-state index is 12.8. The van der Waals surface area contributed by atoms with Crippen molar-refractivity contribution in [2.24, 2.45) is 0 Å². The van der Waals surface area contributed by atoms with Gasteiger partial charge in [0.05, 0.1) is 19.3 Å². The fourth-order valence-electron chi connectivity index (χ4n) is 4.43. The smallest absolute Gasteiger partial charge is 0.222 e. The van der Waals surface area contributed by atoms with Gasteiger partial charge in [-0.2, -0.15) is 5.10 Å². The summed E-state index contributed by atoms with van der Waals surface area (Å²) in [6.45, 7) is 6.78. The molecule has 2 heterocycles. The average Bonchev–Trinajstić information content (AvgIpc) is 3.01. The van der Waals surface area contributed by atoms with E-state index in [0.29, 0.717) is 18.1 Å². The van der Waals surface area contributed by atoms with Crippen LogP contribution in [0.2, 0.25) is 5.15 Å². The van der Waals surface area contributed by atoms with Crippen molar-refractivity contribution in [1.29, 1.82) is 0 Å². The minimum absolute atomic E-state index is 0.225. The first-order valence-electron chi connectivity index (χ1n) is 11.9. The van der Waals surface area contributed by atoms with Crippen LogP contribution in [0, 0.1) is 6.92 Å². The summed E-state index contributed by atoms with van der Waals surface area (Å²) >= 11 is 6.74. The van der Waals surface area contributed by atoms with E-state index in [1.807, 2.05) is 59.0 Å². The Bertz CT molecular complexity index is 1080. The van der Waals surface area contributed by atoms with Crippen molar-refractivity contribution in [1.82, 2.24) is 19.6 Å². The van der Waals surface area contributed by atoms with Crippen LogP contribution < -0.4 is 4.74 Å². The predicted molar refractivity (Wildman–Crippen MR) is 135 cm³/mol. The van der Waals surface area contributed by atoms with Crippen molar-refractivity contribution in [3.8, 4) is 5.75 Å². The fourth-order valence-corrected chi connectivity index (χ4v) is 4.73. The Morgan fingerprint density at radius 2 is 1.74 bits per heavy atom. The number of nitrogens with zero attached hydrogens (tertiary/aromatic N) is 4. The van der Waals surface area contributed by atoms with E-state index >= 15 is 0 Å². The number of methoxy groups -OCH3 is 1. The number of benzene rings is 2. The molecule has 0 spiro atoms. The van der Waals surface area contributed by atoms with Gasteiger partial charge in [0.15, 0.2) is 0 Å². The van der Waals surface area contributed by atoms with Gasteiger partial charge < -0.3 is 9.64 Å². The van der Waals surface area contributed by atoms with Crippen molar-refractivity contribution in [3.63, 3.8) is 0 Å². The number of ether oxygens (including phenoxy) is 1. The number of carbonyl (C=O) groups excluding carboxylic acids is 1. The third kappa shape index (κ3) is 6.19. The second-order valence-corrected chi connectivity index (χ2v) is 9.21. The number of carbonyl (C=O) groups is 1. The van der Waals surface area contributed by atoms with Crippen molar-refractivity contribution in [3.05, 3.63) is 82.1 Å². The first-order valence-corrected chi connectivity index (χ1v) is 12.3. The van der Waals surface area contributed by atoms with Crippen molar-refractivity contribution in [2.75, 3.05) is 33.3 Å². The molecular formula is C27H33ClN4O2. The molecule has 1 aromatic heterocycles. The van der Waals surface area contributed by atoms with Crippen LogP contribution in [-0.2, 0) is 24.3 Å². The van der Waals surface area contributed by atoms with Gasteiger partial charge in [-0.3, -0.25) is 9.69 Å². The standard InChI is InChI=1S/C27H33ClN4O2/c1-21-25(27(28)32(29-21)19-23-7-4-3-5-8-23)20-30-15-6-16-31(18-17-30)26(33)14-11-22-9-12-24(34-2)13-10-22/h3-5,7-10,12-13H,6,11,14-20H2,1-2H3. The number of aromatic nitrogens is 2. The highest BCUT2D eigenvalue weighted by atomic mass is 35.5. The van der Waals surface area contributed by atoms with Crippen molar-refractivity contribution < 1.29 is 9.53 Å². The van der Waals surface area contributed by atoms with Crippen LogP contribution in [-0.4, -0.2) is 58.8 Å². The molecule has 6 nitrogen and oxygen atoms in total. The lowest BCUT2D eigenvalue weighted by atomic mass is 10.1. The van der Waals surface area contributed by atoms with Crippen LogP contribution in [0.25, 0.3) is 0 Å². The van der Waals surface area contributed by atoms with E-state index in [-0.39, 0.29) is 5.91 Å². The highest BCUT2D eigenvalue weighted by Gasteiger charge is 2.22. The summed E-state index contributed by atoms with van der Waals surface area (Å²) in [7, 11) is 1.66. The minimum atomic E-state index is 0.225. The molecule has 0 atom stereocenters. The van der Waals surface area contributed by atoms with Gasteiger partial charge in [0.1, 0.15) is 10.9 Å². The van der Waals surface area contributed by atoms with Gasteiger partial charge in [-0.1, -0.05) is 54.1 Å². The van der Waals surface area contributed by atoms with E-state index in [4.69, 9.17) is 16.3 Å². The Balaban J connectivity index is 1.30. The lowest BCUT2D eigenvalue weighted by Crippen LogP contribution is -2.35. The summed E-state index contributed by atoms with van der Waals surface area (Å²) in [5, 5.41) is 5.39. The number of amides is 1. The molecule has 4 rings (SSSR count). The zero-order chi connectivity index (χ0) is 23.9. The largest absolute Gasteiger partial charge is 0.497 e. The van der Waals surface area contributed by atoms with Gasteiger partial charge in [-0.15, -0.1) is 0 Å². The molecule has 0 bridgehead atoms. The Hall–Kier alpha value is -2.83. The van der Waals surface area contributed by atoms with E-state index in [9.17, 15) is 4.79 Å². The lowest BCUT2D eigenvalue weighted by Gasteiger charge is -2.22. The van der Waals surface area contributed by atoms with Gasteiger partial charge in [-0.25, -0.2) is 4.68 Å². The number of aryl methyl sites for hydroxylation is 2. The van der Waals surface area contributed by atoms with Gasteiger partial charge in [0, 0.05) is 44.7 Å². The monoisotopic (exact) mass is 480 g/mol. The van der Waals surface area contributed by atoms with E-state index < -0.39 is 0 Å². The van der Waals surface area contributed by atoms with Crippen LogP contribution in [0.4, 0.5) is 0 Å². The van der Waals surface area contributed by atoms with Gasteiger partial charge >= 0.3 is 0 Å². The summed E-state index contributed by atoms with van der Waals surface area (Å²) in [6.07, 6.45) is 2.24. The molecule has 1 fully saturated rings. The first kappa shape index (κ1) is 24.3. The molecular weight excluding hydrogens is 448 g/mol. The van der Waals surface area contributed by atoms with Crippen LogP contribution in [0.5, 0.6) is 5.75 Å². The average molecular weight is 481 g/mol. The molecule has 0 N–H and O–H groups in total. The van der Waals surface area contributed by atoms with E-state index in [2.05, 4.69) is 22.1 Å². The summed E-state index contributed by atoms with van der Waals surface area (Å²) in [5.74, 6) is 1.06. The maximum Gasteiger partial charge on any atom is 0.222 e. The number of hydrogen-bond acceptors (Lipinski definition) is 4. The molecule has 0 saturated carbocycles. The number of rotatable bonds is 8. The molecule has 1 aliphatic heterocycles. The molecule has 180 valence electrons. The first-order chi connectivity index (χ1) is 16.5. The zero-order valence-corrected chi connectivity index (χ0v) is 20.8. The van der Waals surface area contributed by atoms with Crippen LogP contribution in [0.3, 0.4) is 0 Å². The quantitative estimate of drug-likeness (QED) is 0.474. The molecule has 3 aromatic rings. The summed E-state index contributed by atoms with van der Waals surface area (Å²) in [5.41, 5.74) is 4.38. The van der Waals surface area contributed by atoms with Gasteiger partial charge in [0.2, 0.25) is 5.91 Å². The zero-order valence-electron chi connectivity index (χ0n) is 20.0. The van der Waals surface area contributed by atoms with Crippen molar-refractivity contribution in [2.45, 2.75) is 39.3 Å². The third-order valence-corrected chi connectivity index (χ3v) is 6.89. The van der Waals surface area contributed by atoms with Crippen molar-refractivity contribution >= 4 is 17.5 Å². The predicted octanol–water partition coefficient (Wildman–Crippen LogP) is 4.57. The Morgan fingerprint density at radius 1 is 0.971 bits per heavy atom. The highest BCUT2D eigenvalue weighted by Crippen LogP contribution is 2.23. The second-order valence-electron chi connectivity index (χ2n) is 8.86. The Morgan fingerprint density at radius 3 is 2.47 bits per heavy atom. The van der Waals surface area contributed by atoms with Crippen LogP contribution in [0.1, 0.15) is 35.2 Å². The van der Waals surface area contributed by atoms with E-state index in [0.717, 1.165) is 68.1 Å². The SMILES string of the molecule is COc1ccc(CCC(=O)N2CCCN(Cc3c(C)nn(Cc4ccccc4)c3Cl)CC2)cc1. The summed E-state index contributed by atoms with van der Waals surface area (Å²) in [4.78, 5) is 17.2. The van der Waals surface area contributed by atoms with Gasteiger partial charge in [0.25, 0.3) is 0 Å². The second kappa shape index (κ2) is 11.5. The Kier molecular flexibility index (Phi) is 8.25. The summed E-state index contributed by atoms with van der Waals surface area (Å²) < 4.78 is 7.09.